The van der Waals surface area contributed by atoms with E-state index < -0.39 is 5.97 Å². The Kier molecular flexibility index (Phi) is 3.01. The molecule has 0 aliphatic heterocycles. The summed E-state index contributed by atoms with van der Waals surface area (Å²) < 4.78 is 1.61. The molecule has 100 valence electrons. The Morgan fingerprint density at radius 2 is 1.84 bits per heavy atom. The van der Waals surface area contributed by atoms with E-state index in [1.165, 1.54) is 0 Å². The van der Waals surface area contributed by atoms with E-state index in [9.17, 15) is 9.90 Å². The summed E-state index contributed by atoms with van der Waals surface area (Å²) in [5.41, 5.74) is 7.06. The number of hydrogen-bond donors (Lipinski definition) is 2. The van der Waals surface area contributed by atoms with Crippen LogP contribution in [-0.2, 0) is 5.54 Å². The van der Waals surface area contributed by atoms with Crippen LogP contribution in [0.5, 0.6) is 0 Å². The van der Waals surface area contributed by atoms with Crippen molar-refractivity contribution in [3.63, 3.8) is 0 Å². The number of nitrogens with zero attached hydrogens (tertiary/aromatic N) is 3. The number of benzene rings is 1. The largest absolute Gasteiger partial charge is 0.476 e. The number of aromatic nitrogens is 3. The highest BCUT2D eigenvalue weighted by Gasteiger charge is 2.26. The predicted octanol–water partition coefficient (Wildman–Crippen LogP) is 1.98. The van der Waals surface area contributed by atoms with E-state index in [1.54, 1.807) is 28.9 Å². The molecular weight excluding hydrogens is 244 g/mol. The van der Waals surface area contributed by atoms with Gasteiger partial charge in [-0.05, 0) is 32.9 Å². The monoisotopic (exact) mass is 260 g/mol. The fourth-order valence-electron chi connectivity index (χ4n) is 1.80. The van der Waals surface area contributed by atoms with Crippen LogP contribution >= 0.6 is 0 Å². The zero-order chi connectivity index (χ0) is 14.2. The normalized spacial score (nSPS) is 11.5. The molecule has 3 N–H and O–H groups in total. The first kappa shape index (κ1) is 13.1. The van der Waals surface area contributed by atoms with Gasteiger partial charge in [0.25, 0.3) is 0 Å². The van der Waals surface area contributed by atoms with Gasteiger partial charge in [-0.1, -0.05) is 17.3 Å². The van der Waals surface area contributed by atoms with Gasteiger partial charge in [0.1, 0.15) is 5.69 Å². The molecule has 0 spiro atoms. The van der Waals surface area contributed by atoms with Gasteiger partial charge in [-0.3, -0.25) is 0 Å². The second kappa shape index (κ2) is 4.38. The van der Waals surface area contributed by atoms with Crippen molar-refractivity contribution in [3.8, 4) is 11.3 Å². The number of hydrogen-bond acceptors (Lipinski definition) is 4. The molecule has 1 aromatic heterocycles. The minimum absolute atomic E-state index is 0.0558. The number of carboxylic acids is 1. The topological polar surface area (TPSA) is 94.0 Å². The van der Waals surface area contributed by atoms with E-state index in [4.69, 9.17) is 5.73 Å². The zero-order valence-corrected chi connectivity index (χ0v) is 11.1. The summed E-state index contributed by atoms with van der Waals surface area (Å²) in [6.07, 6.45) is 0. The number of nitrogen functional groups attached to an aromatic ring is 1. The second-order valence-corrected chi connectivity index (χ2v) is 5.30. The summed E-state index contributed by atoms with van der Waals surface area (Å²) in [5, 5.41) is 16.9. The molecule has 0 fully saturated rings. The first-order valence-corrected chi connectivity index (χ1v) is 5.86. The summed E-state index contributed by atoms with van der Waals surface area (Å²) in [5.74, 6) is -1.10. The predicted molar refractivity (Wildman–Crippen MR) is 71.8 cm³/mol. The highest BCUT2D eigenvalue weighted by atomic mass is 16.4. The average Bonchev–Trinajstić information content (AvgIpc) is 2.74. The number of aromatic carboxylic acids is 1. The zero-order valence-electron chi connectivity index (χ0n) is 11.1. The van der Waals surface area contributed by atoms with Crippen LogP contribution in [0.2, 0.25) is 0 Å². The standard InChI is InChI=1S/C13H16N4O2/c1-13(2,3)17-11(10(12(18)19)15-16-17)8-4-6-9(14)7-5-8/h4-7H,14H2,1-3H3,(H,18,19). The molecule has 1 heterocycles. The number of rotatable bonds is 2. The molecule has 2 aromatic rings. The van der Waals surface area contributed by atoms with Crippen LogP contribution in [0, 0.1) is 0 Å². The molecule has 6 nitrogen and oxygen atoms in total. The molecule has 2 rings (SSSR count). The van der Waals surface area contributed by atoms with E-state index in [2.05, 4.69) is 10.3 Å². The van der Waals surface area contributed by atoms with Crippen molar-refractivity contribution in [1.29, 1.82) is 0 Å². The van der Waals surface area contributed by atoms with E-state index >= 15 is 0 Å². The average molecular weight is 260 g/mol. The highest BCUT2D eigenvalue weighted by molar-refractivity contribution is 5.92. The lowest BCUT2D eigenvalue weighted by atomic mass is 10.0. The summed E-state index contributed by atoms with van der Waals surface area (Å²) in [6, 6.07) is 6.98. The highest BCUT2D eigenvalue weighted by Crippen LogP contribution is 2.28. The van der Waals surface area contributed by atoms with Crippen molar-refractivity contribution in [1.82, 2.24) is 15.0 Å². The van der Waals surface area contributed by atoms with Gasteiger partial charge in [0, 0.05) is 11.3 Å². The summed E-state index contributed by atoms with van der Waals surface area (Å²) in [7, 11) is 0. The van der Waals surface area contributed by atoms with Crippen molar-refractivity contribution in [2.75, 3.05) is 5.73 Å². The molecule has 0 aliphatic carbocycles. The molecule has 6 heteroatoms. The Bertz CT molecular complexity index is 609. The molecule has 0 unspecified atom stereocenters. The molecule has 0 saturated carbocycles. The van der Waals surface area contributed by atoms with Crippen LogP contribution in [0.25, 0.3) is 11.3 Å². The van der Waals surface area contributed by atoms with Crippen molar-refractivity contribution in [2.24, 2.45) is 0 Å². The maximum Gasteiger partial charge on any atom is 0.358 e. The van der Waals surface area contributed by atoms with E-state index in [1.807, 2.05) is 20.8 Å². The minimum atomic E-state index is -1.10. The lowest BCUT2D eigenvalue weighted by molar-refractivity contribution is 0.0691. The molecule has 0 atom stereocenters. The number of carboxylic acid groups (broad SMARTS) is 1. The Morgan fingerprint density at radius 1 is 1.26 bits per heavy atom. The molecule has 1 aromatic carbocycles. The quantitative estimate of drug-likeness (QED) is 0.805. The van der Waals surface area contributed by atoms with Crippen LogP contribution in [0.15, 0.2) is 24.3 Å². The van der Waals surface area contributed by atoms with Crippen molar-refractivity contribution in [3.05, 3.63) is 30.0 Å². The minimum Gasteiger partial charge on any atom is -0.476 e. The molecule has 0 saturated heterocycles. The van der Waals surface area contributed by atoms with Gasteiger partial charge in [-0.15, -0.1) is 5.10 Å². The van der Waals surface area contributed by atoms with E-state index in [0.717, 1.165) is 5.56 Å². The molecule has 0 aliphatic rings. The Balaban J connectivity index is 2.68. The number of carbonyl (C=O) groups is 1. The Hall–Kier alpha value is -2.37. The van der Waals surface area contributed by atoms with E-state index in [0.29, 0.717) is 11.4 Å². The van der Waals surface area contributed by atoms with Gasteiger partial charge in [0.2, 0.25) is 0 Å². The van der Waals surface area contributed by atoms with Crippen LogP contribution in [-0.4, -0.2) is 26.1 Å². The van der Waals surface area contributed by atoms with Crippen LogP contribution in [0.4, 0.5) is 5.69 Å². The van der Waals surface area contributed by atoms with Gasteiger partial charge >= 0.3 is 5.97 Å². The molecule has 0 bridgehead atoms. The third-order valence-electron chi connectivity index (χ3n) is 2.69. The van der Waals surface area contributed by atoms with Gasteiger partial charge in [-0.2, -0.15) is 0 Å². The number of nitrogens with two attached hydrogens (primary N) is 1. The Morgan fingerprint density at radius 3 is 2.32 bits per heavy atom. The summed E-state index contributed by atoms with van der Waals surface area (Å²) in [6.45, 7) is 5.82. The molecule has 19 heavy (non-hydrogen) atoms. The number of anilines is 1. The van der Waals surface area contributed by atoms with Crippen LogP contribution in [0.1, 0.15) is 31.3 Å². The van der Waals surface area contributed by atoms with Gasteiger partial charge in [0.05, 0.1) is 5.54 Å². The molecule has 0 amide bonds. The first-order valence-electron chi connectivity index (χ1n) is 5.86. The third kappa shape index (κ3) is 2.42. The van der Waals surface area contributed by atoms with Gasteiger partial charge in [-0.25, -0.2) is 9.48 Å². The second-order valence-electron chi connectivity index (χ2n) is 5.30. The van der Waals surface area contributed by atoms with Crippen molar-refractivity contribution in [2.45, 2.75) is 26.3 Å². The van der Waals surface area contributed by atoms with Crippen molar-refractivity contribution >= 4 is 11.7 Å². The van der Waals surface area contributed by atoms with Crippen LogP contribution in [0.3, 0.4) is 0 Å². The lowest BCUT2D eigenvalue weighted by Crippen LogP contribution is -2.24. The van der Waals surface area contributed by atoms with Crippen molar-refractivity contribution < 1.29 is 9.90 Å². The summed E-state index contributed by atoms with van der Waals surface area (Å²) in [4.78, 5) is 11.3. The smallest absolute Gasteiger partial charge is 0.358 e. The SMILES string of the molecule is CC(C)(C)n1nnc(C(=O)O)c1-c1ccc(N)cc1. The van der Waals surface area contributed by atoms with Gasteiger partial charge in [0.15, 0.2) is 5.69 Å². The maximum absolute atomic E-state index is 11.3. The fraction of sp³-hybridized carbons (Fsp3) is 0.308. The fourth-order valence-corrected chi connectivity index (χ4v) is 1.80. The Labute approximate surface area is 110 Å². The molecular formula is C13H16N4O2. The van der Waals surface area contributed by atoms with Crippen LogP contribution < -0.4 is 5.73 Å². The maximum atomic E-state index is 11.3. The van der Waals surface area contributed by atoms with Gasteiger partial charge < -0.3 is 10.8 Å². The van der Waals surface area contributed by atoms with E-state index in [-0.39, 0.29) is 11.2 Å². The summed E-state index contributed by atoms with van der Waals surface area (Å²) >= 11 is 0. The third-order valence-corrected chi connectivity index (χ3v) is 2.69. The lowest BCUT2D eigenvalue weighted by Gasteiger charge is -2.21. The first-order chi connectivity index (χ1) is 8.80. The molecule has 0 radical (unpaired) electrons.